The maximum absolute atomic E-state index is 12.5. The van der Waals surface area contributed by atoms with E-state index in [1.165, 1.54) is 25.7 Å². The number of piperidine rings is 1. The molecule has 3 rings (SSSR count). The van der Waals surface area contributed by atoms with Gasteiger partial charge in [0.05, 0.1) is 13.1 Å². The Bertz CT molecular complexity index is 505. The summed E-state index contributed by atoms with van der Waals surface area (Å²) in [4.78, 5) is 27.7. The van der Waals surface area contributed by atoms with Gasteiger partial charge in [-0.2, -0.15) is 0 Å². The summed E-state index contributed by atoms with van der Waals surface area (Å²) in [5.41, 5.74) is 0. The van der Waals surface area contributed by atoms with Gasteiger partial charge in [-0.25, -0.2) is 0 Å². The predicted octanol–water partition coefficient (Wildman–Crippen LogP) is 1.80. The summed E-state index contributed by atoms with van der Waals surface area (Å²) in [6.07, 6.45) is 7.31. The Hall–Kier alpha value is -1.14. The Morgan fingerprint density at radius 2 is 1.92 bits per heavy atom. The monoisotopic (exact) mass is 365 g/mol. The number of hydrogen-bond donors (Lipinski definition) is 2. The molecule has 1 aliphatic heterocycles. The fourth-order valence-corrected chi connectivity index (χ4v) is 5.63. The van der Waals surface area contributed by atoms with Crippen molar-refractivity contribution in [3.63, 3.8) is 0 Å². The van der Waals surface area contributed by atoms with Gasteiger partial charge in [0.25, 0.3) is 0 Å². The molecule has 4 unspecified atom stereocenters. The number of rotatable bonds is 8. The first-order valence-electron chi connectivity index (χ1n) is 10.4. The number of likely N-dealkylation sites (N-methyl/N-ethyl adjacent to an activating group) is 1. The molecule has 0 aromatic carbocycles. The van der Waals surface area contributed by atoms with Crippen LogP contribution < -0.4 is 5.32 Å². The summed E-state index contributed by atoms with van der Waals surface area (Å²) in [7, 11) is 0. The van der Waals surface area contributed by atoms with E-state index in [9.17, 15) is 9.59 Å². The van der Waals surface area contributed by atoms with Crippen LogP contribution in [0.15, 0.2) is 0 Å². The van der Waals surface area contributed by atoms with Gasteiger partial charge < -0.3 is 10.4 Å². The number of nitrogens with zero attached hydrogens (tertiary/aromatic N) is 2. The highest BCUT2D eigenvalue weighted by Gasteiger charge is 2.42. The van der Waals surface area contributed by atoms with E-state index in [1.54, 1.807) is 0 Å². The highest BCUT2D eigenvalue weighted by Crippen LogP contribution is 2.49. The van der Waals surface area contributed by atoms with Crippen LogP contribution in [-0.4, -0.2) is 71.6 Å². The molecular formula is C20H35N3O3. The highest BCUT2D eigenvalue weighted by atomic mass is 16.4. The van der Waals surface area contributed by atoms with Crippen molar-refractivity contribution in [1.29, 1.82) is 0 Å². The van der Waals surface area contributed by atoms with E-state index < -0.39 is 5.97 Å². The van der Waals surface area contributed by atoms with E-state index in [4.69, 9.17) is 5.11 Å². The summed E-state index contributed by atoms with van der Waals surface area (Å²) in [5.74, 6) is 1.81. The van der Waals surface area contributed by atoms with Crippen molar-refractivity contribution in [1.82, 2.24) is 15.1 Å². The van der Waals surface area contributed by atoms with Crippen molar-refractivity contribution in [3.05, 3.63) is 0 Å². The van der Waals surface area contributed by atoms with E-state index in [2.05, 4.69) is 17.1 Å². The second-order valence-electron chi connectivity index (χ2n) is 8.66. The molecule has 1 amide bonds. The molecule has 0 spiro atoms. The zero-order valence-corrected chi connectivity index (χ0v) is 16.3. The predicted molar refractivity (Wildman–Crippen MR) is 101 cm³/mol. The minimum Gasteiger partial charge on any atom is -0.480 e. The Kier molecular flexibility index (Phi) is 6.56. The molecule has 26 heavy (non-hydrogen) atoms. The van der Waals surface area contributed by atoms with Crippen LogP contribution in [0.5, 0.6) is 0 Å². The van der Waals surface area contributed by atoms with Gasteiger partial charge in [0.15, 0.2) is 0 Å². The van der Waals surface area contributed by atoms with E-state index in [0.717, 1.165) is 44.3 Å². The average molecular weight is 366 g/mol. The quantitative estimate of drug-likeness (QED) is 0.686. The molecule has 2 saturated carbocycles. The van der Waals surface area contributed by atoms with Crippen molar-refractivity contribution in [3.8, 4) is 0 Å². The van der Waals surface area contributed by atoms with Crippen LogP contribution in [0.4, 0.5) is 0 Å². The topological polar surface area (TPSA) is 72.9 Å². The average Bonchev–Trinajstić information content (AvgIpc) is 3.23. The zero-order chi connectivity index (χ0) is 18.7. The third-order valence-corrected chi connectivity index (χ3v) is 7.01. The van der Waals surface area contributed by atoms with Crippen LogP contribution in [0.25, 0.3) is 0 Å². The van der Waals surface area contributed by atoms with Crippen molar-refractivity contribution in [2.75, 3.05) is 32.7 Å². The Labute approximate surface area is 157 Å². The number of carboxylic acids is 1. The number of carbonyl (C=O) groups is 2. The van der Waals surface area contributed by atoms with Crippen LogP contribution >= 0.6 is 0 Å². The fourth-order valence-electron chi connectivity index (χ4n) is 5.63. The highest BCUT2D eigenvalue weighted by molar-refractivity contribution is 5.78. The minimum atomic E-state index is -0.761. The number of hydrogen-bond acceptors (Lipinski definition) is 4. The van der Waals surface area contributed by atoms with Crippen molar-refractivity contribution >= 4 is 11.9 Å². The van der Waals surface area contributed by atoms with Gasteiger partial charge in [-0.15, -0.1) is 0 Å². The lowest BCUT2D eigenvalue weighted by Crippen LogP contribution is -2.50. The number of aliphatic carboxylic acids is 1. The minimum absolute atomic E-state index is 0.114. The van der Waals surface area contributed by atoms with Crippen LogP contribution in [0.1, 0.15) is 52.4 Å². The summed E-state index contributed by atoms with van der Waals surface area (Å²) in [6.45, 7) is 7.29. The van der Waals surface area contributed by atoms with Crippen molar-refractivity contribution in [2.45, 2.75) is 64.5 Å². The molecule has 2 aliphatic carbocycles. The normalized spacial score (nSPS) is 30.7. The van der Waals surface area contributed by atoms with Gasteiger partial charge in [0, 0.05) is 25.2 Å². The van der Waals surface area contributed by atoms with Gasteiger partial charge in [-0.05, 0) is 63.3 Å². The molecule has 2 bridgehead atoms. The molecule has 6 nitrogen and oxygen atoms in total. The molecule has 4 atom stereocenters. The SMILES string of the molecule is CCN(CC(=O)O)C1CCN(CC(=O)NC(C)C2CC3CCC2C3)CC1. The van der Waals surface area contributed by atoms with Gasteiger partial charge in [0.2, 0.25) is 5.91 Å². The van der Waals surface area contributed by atoms with Gasteiger partial charge in [-0.1, -0.05) is 13.3 Å². The molecule has 1 heterocycles. The molecule has 0 radical (unpaired) electrons. The molecule has 1 saturated heterocycles. The Balaban J connectivity index is 1.38. The van der Waals surface area contributed by atoms with Crippen LogP contribution in [0.3, 0.4) is 0 Å². The van der Waals surface area contributed by atoms with Gasteiger partial charge >= 0.3 is 5.97 Å². The summed E-state index contributed by atoms with van der Waals surface area (Å²) >= 11 is 0. The molecule has 2 N–H and O–H groups in total. The molecule has 0 aromatic heterocycles. The summed E-state index contributed by atoms with van der Waals surface area (Å²) in [6, 6.07) is 0.616. The maximum atomic E-state index is 12.5. The van der Waals surface area contributed by atoms with E-state index >= 15 is 0 Å². The lowest BCUT2D eigenvalue weighted by atomic mass is 9.84. The van der Waals surface area contributed by atoms with Gasteiger partial charge in [-0.3, -0.25) is 19.4 Å². The molecule has 148 valence electrons. The lowest BCUT2D eigenvalue weighted by Gasteiger charge is -2.37. The number of fused-ring (bicyclic) bond motifs is 2. The van der Waals surface area contributed by atoms with E-state index in [0.29, 0.717) is 24.5 Å². The standard InChI is InChI=1S/C20H35N3O3/c1-3-23(13-20(25)26)17-6-8-22(9-7-17)12-19(24)21-14(2)18-11-15-4-5-16(18)10-15/h14-18H,3-13H2,1-2H3,(H,21,24)(H,25,26). The lowest BCUT2D eigenvalue weighted by molar-refractivity contribution is -0.139. The first-order chi connectivity index (χ1) is 12.5. The van der Waals surface area contributed by atoms with Crippen LogP contribution in [-0.2, 0) is 9.59 Å². The Morgan fingerprint density at radius 1 is 1.19 bits per heavy atom. The first kappa shape index (κ1) is 19.6. The smallest absolute Gasteiger partial charge is 0.317 e. The third-order valence-electron chi connectivity index (χ3n) is 7.01. The number of amides is 1. The first-order valence-corrected chi connectivity index (χ1v) is 10.4. The second-order valence-corrected chi connectivity index (χ2v) is 8.66. The molecule has 0 aromatic rings. The van der Waals surface area contributed by atoms with Gasteiger partial charge in [0.1, 0.15) is 0 Å². The Morgan fingerprint density at radius 3 is 2.46 bits per heavy atom. The fraction of sp³-hybridized carbons (Fsp3) is 0.900. The number of likely N-dealkylation sites (tertiary alicyclic amines) is 1. The summed E-state index contributed by atoms with van der Waals surface area (Å²) < 4.78 is 0. The largest absolute Gasteiger partial charge is 0.480 e. The number of nitrogens with one attached hydrogen (secondary N) is 1. The van der Waals surface area contributed by atoms with Crippen molar-refractivity contribution in [2.24, 2.45) is 17.8 Å². The van der Waals surface area contributed by atoms with Crippen molar-refractivity contribution < 1.29 is 14.7 Å². The third kappa shape index (κ3) is 4.77. The zero-order valence-electron chi connectivity index (χ0n) is 16.3. The molecule has 3 aliphatic rings. The second kappa shape index (κ2) is 8.70. The summed E-state index contributed by atoms with van der Waals surface area (Å²) in [5, 5.41) is 12.3. The molecule has 3 fully saturated rings. The maximum Gasteiger partial charge on any atom is 0.317 e. The van der Waals surface area contributed by atoms with Crippen LogP contribution in [0, 0.1) is 17.8 Å². The van der Waals surface area contributed by atoms with E-state index in [1.807, 2.05) is 11.8 Å². The number of carboxylic acid groups (broad SMARTS) is 1. The van der Waals surface area contributed by atoms with E-state index in [-0.39, 0.29) is 12.5 Å². The molecular weight excluding hydrogens is 330 g/mol. The van der Waals surface area contributed by atoms with Crippen LogP contribution in [0.2, 0.25) is 0 Å². The number of carbonyl (C=O) groups excluding carboxylic acids is 1. The molecule has 6 heteroatoms.